The van der Waals surface area contributed by atoms with E-state index in [9.17, 15) is 0 Å². The van der Waals surface area contributed by atoms with Crippen LogP contribution < -0.4 is 5.73 Å². The number of rotatable bonds is 2. The van der Waals surface area contributed by atoms with Gasteiger partial charge in [0, 0.05) is 38.6 Å². The van der Waals surface area contributed by atoms with E-state index in [2.05, 4.69) is 14.5 Å². The van der Waals surface area contributed by atoms with E-state index in [1.807, 2.05) is 12.4 Å². The minimum absolute atomic E-state index is 0.737. The van der Waals surface area contributed by atoms with Crippen LogP contribution >= 0.6 is 0 Å². The van der Waals surface area contributed by atoms with Gasteiger partial charge in [-0.15, -0.1) is 0 Å². The molecule has 1 aliphatic heterocycles. The molecule has 0 saturated carbocycles. The minimum atomic E-state index is 0.737. The third-order valence-corrected chi connectivity index (χ3v) is 2.27. The Morgan fingerprint density at radius 3 is 3.25 bits per heavy atom. The van der Waals surface area contributed by atoms with E-state index in [-0.39, 0.29) is 0 Å². The fraction of sp³-hybridized carbons (Fsp3) is 0.625. The number of fused-ring (bicyclic) bond motifs is 1. The standard InChI is InChI=1S/C8H14N4/c9-1-3-11-5-6-12-4-2-10-8(12)7-11/h2,4H,1,3,5-7,9H2. The molecule has 4 nitrogen and oxygen atoms in total. The molecule has 66 valence electrons. The normalized spacial score (nSPS) is 17.8. The Morgan fingerprint density at radius 2 is 2.42 bits per heavy atom. The van der Waals surface area contributed by atoms with E-state index in [4.69, 9.17) is 5.73 Å². The summed E-state index contributed by atoms with van der Waals surface area (Å²) in [6, 6.07) is 0. The van der Waals surface area contributed by atoms with E-state index in [1.165, 1.54) is 0 Å². The second kappa shape index (κ2) is 3.25. The van der Waals surface area contributed by atoms with Crippen molar-refractivity contribution in [2.45, 2.75) is 13.1 Å². The highest BCUT2D eigenvalue weighted by molar-refractivity contribution is 4.95. The van der Waals surface area contributed by atoms with Crippen LogP contribution in [-0.4, -0.2) is 34.1 Å². The summed E-state index contributed by atoms with van der Waals surface area (Å²) in [4.78, 5) is 6.61. The Balaban J connectivity index is 2.05. The number of imidazole rings is 1. The van der Waals surface area contributed by atoms with E-state index in [0.717, 1.165) is 38.5 Å². The van der Waals surface area contributed by atoms with Crippen LogP contribution in [0.2, 0.25) is 0 Å². The SMILES string of the molecule is NCCN1CCn2ccnc2C1. The minimum Gasteiger partial charge on any atom is -0.333 e. The van der Waals surface area contributed by atoms with E-state index >= 15 is 0 Å². The zero-order chi connectivity index (χ0) is 8.39. The topological polar surface area (TPSA) is 47.1 Å². The number of hydrogen-bond donors (Lipinski definition) is 1. The maximum atomic E-state index is 5.49. The lowest BCUT2D eigenvalue weighted by Gasteiger charge is -2.26. The van der Waals surface area contributed by atoms with Crippen LogP contribution in [0.5, 0.6) is 0 Å². The summed E-state index contributed by atoms with van der Waals surface area (Å²) in [5.74, 6) is 1.16. The van der Waals surface area contributed by atoms with Gasteiger partial charge in [0.2, 0.25) is 0 Å². The first-order valence-corrected chi connectivity index (χ1v) is 4.32. The second-order valence-corrected chi connectivity index (χ2v) is 3.10. The molecule has 0 bridgehead atoms. The summed E-state index contributed by atoms with van der Waals surface area (Å²) in [7, 11) is 0. The zero-order valence-electron chi connectivity index (χ0n) is 7.11. The fourth-order valence-electron chi connectivity index (χ4n) is 1.60. The molecule has 2 N–H and O–H groups in total. The van der Waals surface area contributed by atoms with Gasteiger partial charge in [-0.05, 0) is 0 Å². The fourth-order valence-corrected chi connectivity index (χ4v) is 1.60. The summed E-state index contributed by atoms with van der Waals surface area (Å²) in [5, 5.41) is 0. The van der Waals surface area contributed by atoms with Gasteiger partial charge in [0.05, 0.1) is 6.54 Å². The molecule has 2 heterocycles. The van der Waals surface area contributed by atoms with Gasteiger partial charge in [-0.2, -0.15) is 0 Å². The molecule has 4 heteroatoms. The highest BCUT2D eigenvalue weighted by atomic mass is 15.2. The van der Waals surface area contributed by atoms with Crippen LogP contribution in [0.25, 0.3) is 0 Å². The molecule has 0 saturated heterocycles. The predicted molar refractivity (Wildman–Crippen MR) is 46.6 cm³/mol. The Labute approximate surface area is 72.0 Å². The lowest BCUT2D eigenvalue weighted by atomic mass is 10.3. The van der Waals surface area contributed by atoms with Crippen molar-refractivity contribution in [2.24, 2.45) is 5.73 Å². The molecule has 0 amide bonds. The molecule has 0 aromatic carbocycles. The molecule has 1 aliphatic rings. The first kappa shape index (κ1) is 7.76. The molecule has 0 radical (unpaired) electrons. The number of aromatic nitrogens is 2. The predicted octanol–water partition coefficient (Wildman–Crippen LogP) is -0.343. The van der Waals surface area contributed by atoms with E-state index in [1.54, 1.807) is 0 Å². The Bertz CT molecular complexity index is 255. The summed E-state index contributed by atoms with van der Waals surface area (Å²) in [5.41, 5.74) is 5.49. The van der Waals surface area contributed by atoms with Crippen LogP contribution in [0.3, 0.4) is 0 Å². The highest BCUT2D eigenvalue weighted by Crippen LogP contribution is 2.08. The Morgan fingerprint density at radius 1 is 1.50 bits per heavy atom. The van der Waals surface area contributed by atoms with Gasteiger partial charge in [-0.1, -0.05) is 0 Å². The molecule has 0 fully saturated rings. The average molecular weight is 166 g/mol. The first-order valence-electron chi connectivity index (χ1n) is 4.32. The largest absolute Gasteiger partial charge is 0.333 e. The highest BCUT2D eigenvalue weighted by Gasteiger charge is 2.14. The van der Waals surface area contributed by atoms with Crippen LogP contribution in [0.1, 0.15) is 5.82 Å². The van der Waals surface area contributed by atoms with Gasteiger partial charge in [0.25, 0.3) is 0 Å². The van der Waals surface area contributed by atoms with Gasteiger partial charge in [0.15, 0.2) is 0 Å². The Hall–Kier alpha value is -0.870. The summed E-state index contributed by atoms with van der Waals surface area (Å²) >= 11 is 0. The summed E-state index contributed by atoms with van der Waals surface area (Å²) in [6.45, 7) is 4.81. The summed E-state index contributed by atoms with van der Waals surface area (Å²) in [6.07, 6.45) is 3.90. The maximum Gasteiger partial charge on any atom is 0.122 e. The zero-order valence-corrected chi connectivity index (χ0v) is 7.11. The third-order valence-electron chi connectivity index (χ3n) is 2.27. The van der Waals surface area contributed by atoms with Gasteiger partial charge in [-0.25, -0.2) is 4.98 Å². The van der Waals surface area contributed by atoms with Crippen molar-refractivity contribution >= 4 is 0 Å². The van der Waals surface area contributed by atoms with E-state index < -0.39 is 0 Å². The van der Waals surface area contributed by atoms with Crippen LogP contribution in [0, 0.1) is 0 Å². The lowest BCUT2D eigenvalue weighted by molar-refractivity contribution is 0.223. The number of hydrogen-bond acceptors (Lipinski definition) is 3. The van der Waals surface area contributed by atoms with Gasteiger partial charge < -0.3 is 10.3 Å². The molecule has 0 aliphatic carbocycles. The molecular weight excluding hydrogens is 152 g/mol. The van der Waals surface area contributed by atoms with Gasteiger partial charge in [-0.3, -0.25) is 4.90 Å². The molecule has 1 aromatic rings. The van der Waals surface area contributed by atoms with Crippen molar-refractivity contribution in [3.8, 4) is 0 Å². The lowest BCUT2D eigenvalue weighted by Crippen LogP contribution is -2.36. The summed E-state index contributed by atoms with van der Waals surface area (Å²) < 4.78 is 2.20. The molecule has 0 atom stereocenters. The number of nitrogens with zero attached hydrogens (tertiary/aromatic N) is 3. The van der Waals surface area contributed by atoms with Crippen LogP contribution in [0.4, 0.5) is 0 Å². The molecule has 0 spiro atoms. The average Bonchev–Trinajstić information content (AvgIpc) is 2.51. The monoisotopic (exact) mass is 166 g/mol. The van der Waals surface area contributed by atoms with Crippen LogP contribution in [-0.2, 0) is 13.1 Å². The van der Waals surface area contributed by atoms with Crippen molar-refractivity contribution in [1.82, 2.24) is 14.5 Å². The number of nitrogens with two attached hydrogens (primary N) is 1. The molecule has 2 rings (SSSR count). The molecular formula is C8H14N4. The van der Waals surface area contributed by atoms with E-state index in [0.29, 0.717) is 0 Å². The maximum absolute atomic E-state index is 5.49. The van der Waals surface area contributed by atoms with Crippen molar-refractivity contribution in [3.05, 3.63) is 18.2 Å². The molecule has 0 unspecified atom stereocenters. The smallest absolute Gasteiger partial charge is 0.122 e. The molecule has 12 heavy (non-hydrogen) atoms. The first-order chi connectivity index (χ1) is 5.90. The quantitative estimate of drug-likeness (QED) is 0.653. The van der Waals surface area contributed by atoms with Crippen molar-refractivity contribution < 1.29 is 0 Å². The van der Waals surface area contributed by atoms with Gasteiger partial charge >= 0.3 is 0 Å². The van der Waals surface area contributed by atoms with Crippen molar-refractivity contribution in [2.75, 3.05) is 19.6 Å². The van der Waals surface area contributed by atoms with Crippen molar-refractivity contribution in [1.29, 1.82) is 0 Å². The second-order valence-electron chi connectivity index (χ2n) is 3.10. The van der Waals surface area contributed by atoms with Gasteiger partial charge in [0.1, 0.15) is 5.82 Å². The third kappa shape index (κ3) is 1.35. The molecule has 1 aromatic heterocycles. The van der Waals surface area contributed by atoms with Crippen LogP contribution in [0.15, 0.2) is 12.4 Å². The Kier molecular flexibility index (Phi) is 2.10. The van der Waals surface area contributed by atoms with Crippen molar-refractivity contribution in [3.63, 3.8) is 0 Å².